The van der Waals surface area contributed by atoms with Crippen molar-refractivity contribution in [3.05, 3.63) is 24.0 Å². The predicted molar refractivity (Wildman–Crippen MR) is 153 cm³/mol. The second-order valence-electron chi connectivity index (χ2n) is 14.4. The highest BCUT2D eigenvalue weighted by molar-refractivity contribution is 5.66. The van der Waals surface area contributed by atoms with Crippen molar-refractivity contribution in [2.75, 3.05) is 6.61 Å². The number of hydrogen-bond donors (Lipinski definition) is 0. The molecule has 0 aromatic carbocycles. The maximum absolute atomic E-state index is 11.7. The summed E-state index contributed by atoms with van der Waals surface area (Å²) >= 11 is 0. The molecule has 37 heavy (non-hydrogen) atoms. The minimum Gasteiger partial charge on any atom is -0.495 e. The van der Waals surface area contributed by atoms with Crippen molar-refractivity contribution in [1.29, 1.82) is 0 Å². The number of carbonyl (C=O) groups is 1. The summed E-state index contributed by atoms with van der Waals surface area (Å²) in [6.07, 6.45) is 16.8. The fourth-order valence-corrected chi connectivity index (χ4v) is 10.5. The van der Waals surface area contributed by atoms with Crippen LogP contribution in [0.5, 0.6) is 0 Å². The van der Waals surface area contributed by atoms with E-state index in [0.29, 0.717) is 40.8 Å². The van der Waals surface area contributed by atoms with Gasteiger partial charge in [-0.25, -0.2) is 0 Å². The summed E-state index contributed by atoms with van der Waals surface area (Å²) in [5.74, 6) is 3.54. The van der Waals surface area contributed by atoms with Crippen LogP contribution < -0.4 is 0 Å². The first-order valence-electron chi connectivity index (χ1n) is 15.5. The third kappa shape index (κ3) is 4.53. The Morgan fingerprint density at radius 2 is 1.68 bits per heavy atom. The molecule has 0 bridgehead atoms. The molecule has 4 saturated carbocycles. The normalized spacial score (nSPS) is 46.1. The Morgan fingerprint density at radius 1 is 0.973 bits per heavy atom. The van der Waals surface area contributed by atoms with Crippen molar-refractivity contribution in [3.8, 4) is 0 Å². The standard InChI is InChI=1S/C31H48O3.C3H8/c1-20(2)34-26-13-15-28(5)23(21(26)3)12-16-30(7)27(28)11-10-24-25-9-8-14-31(25,19-33-22(4)32)18-17-29(24,30)6;1-3-2/h9,21,23-24,26-27H,1,8,10-19H2,2-7H3;3H2,1-2H3/t21?,23?,24?,26?,27?,28?,29-,30?,31?;/m1./s1. The first kappa shape index (κ1) is 28.8. The number of carbonyl (C=O) groups excluding carboxylic acids is 1. The Balaban J connectivity index is 0.00000102. The molecule has 3 heteroatoms. The zero-order valence-corrected chi connectivity index (χ0v) is 25.4. The van der Waals surface area contributed by atoms with Gasteiger partial charge in [-0.15, -0.1) is 0 Å². The van der Waals surface area contributed by atoms with E-state index in [2.05, 4.69) is 54.2 Å². The van der Waals surface area contributed by atoms with Crippen LogP contribution in [0.2, 0.25) is 0 Å². The fourth-order valence-electron chi connectivity index (χ4n) is 10.5. The largest absolute Gasteiger partial charge is 0.495 e. The van der Waals surface area contributed by atoms with Crippen molar-refractivity contribution < 1.29 is 14.3 Å². The molecule has 0 spiro atoms. The molecule has 210 valence electrons. The maximum atomic E-state index is 11.7. The van der Waals surface area contributed by atoms with Gasteiger partial charge in [-0.2, -0.15) is 0 Å². The third-order valence-corrected chi connectivity index (χ3v) is 12.4. The van der Waals surface area contributed by atoms with E-state index >= 15 is 0 Å². The molecular formula is C34H56O3. The molecule has 0 aliphatic heterocycles. The Labute approximate surface area is 228 Å². The summed E-state index contributed by atoms with van der Waals surface area (Å²) in [6, 6.07) is 0. The van der Waals surface area contributed by atoms with Gasteiger partial charge in [-0.05, 0) is 111 Å². The van der Waals surface area contributed by atoms with Gasteiger partial charge in [0.2, 0.25) is 0 Å². The fraction of sp³-hybridized carbons (Fsp3) is 0.853. The molecule has 8 unspecified atom stereocenters. The summed E-state index contributed by atoms with van der Waals surface area (Å²) in [6.45, 7) is 22.9. The van der Waals surface area contributed by atoms with Crippen molar-refractivity contribution in [3.63, 3.8) is 0 Å². The molecule has 5 rings (SSSR count). The van der Waals surface area contributed by atoms with Gasteiger partial charge in [0.15, 0.2) is 0 Å². The van der Waals surface area contributed by atoms with Crippen LogP contribution >= 0.6 is 0 Å². The van der Waals surface area contributed by atoms with Crippen LogP contribution in [0.1, 0.15) is 126 Å². The lowest BCUT2D eigenvalue weighted by molar-refractivity contribution is -0.213. The molecule has 4 fully saturated rings. The van der Waals surface area contributed by atoms with E-state index < -0.39 is 0 Å². The van der Waals surface area contributed by atoms with Gasteiger partial charge >= 0.3 is 5.97 Å². The van der Waals surface area contributed by atoms with Gasteiger partial charge in [0.25, 0.3) is 0 Å². The number of allylic oxidation sites excluding steroid dienone is 2. The lowest BCUT2D eigenvalue weighted by atomic mass is 9.34. The Bertz CT molecular complexity index is 905. The monoisotopic (exact) mass is 512 g/mol. The van der Waals surface area contributed by atoms with Gasteiger partial charge in [-0.1, -0.05) is 66.2 Å². The number of ether oxygens (including phenoxy) is 2. The SMILES string of the molecule is C=C(C)OC1CCC2(C)C(CCC3(C)C2CCC2C4=CCCC4(COC(C)=O)CC[C@]23C)C1C.CCC. The topological polar surface area (TPSA) is 35.5 Å². The van der Waals surface area contributed by atoms with Crippen molar-refractivity contribution in [2.45, 2.75) is 132 Å². The van der Waals surface area contributed by atoms with Crippen molar-refractivity contribution >= 4 is 5.97 Å². The molecule has 5 aliphatic carbocycles. The van der Waals surface area contributed by atoms with Gasteiger partial charge in [-0.3, -0.25) is 4.79 Å². The lowest BCUT2D eigenvalue weighted by Gasteiger charge is -2.71. The van der Waals surface area contributed by atoms with Crippen LogP contribution in [0.3, 0.4) is 0 Å². The third-order valence-electron chi connectivity index (χ3n) is 12.4. The van der Waals surface area contributed by atoms with E-state index in [9.17, 15) is 4.79 Å². The average molecular weight is 513 g/mol. The van der Waals surface area contributed by atoms with Gasteiger partial charge in [0, 0.05) is 12.3 Å². The highest BCUT2D eigenvalue weighted by atomic mass is 16.5. The van der Waals surface area contributed by atoms with Crippen LogP contribution in [-0.2, 0) is 14.3 Å². The molecule has 3 nitrogen and oxygen atoms in total. The smallest absolute Gasteiger partial charge is 0.302 e. The zero-order valence-electron chi connectivity index (χ0n) is 25.4. The molecular weight excluding hydrogens is 456 g/mol. The molecule has 9 atom stereocenters. The van der Waals surface area contributed by atoms with Gasteiger partial charge < -0.3 is 9.47 Å². The van der Waals surface area contributed by atoms with E-state index in [4.69, 9.17) is 9.47 Å². The first-order chi connectivity index (χ1) is 17.4. The van der Waals surface area contributed by atoms with Crippen molar-refractivity contribution in [2.24, 2.45) is 45.3 Å². The minimum absolute atomic E-state index is 0.118. The number of fused-ring (bicyclic) bond motifs is 7. The molecule has 0 heterocycles. The molecule has 0 saturated heterocycles. The zero-order chi connectivity index (χ0) is 27.2. The summed E-state index contributed by atoms with van der Waals surface area (Å²) in [5, 5.41) is 0. The second kappa shape index (κ2) is 10.4. The number of esters is 1. The minimum atomic E-state index is -0.128. The van der Waals surface area contributed by atoms with Crippen LogP contribution in [0.15, 0.2) is 24.0 Å². The lowest BCUT2D eigenvalue weighted by Crippen LogP contribution is -2.64. The Kier molecular flexibility index (Phi) is 8.07. The molecule has 0 aromatic heterocycles. The van der Waals surface area contributed by atoms with Crippen molar-refractivity contribution in [1.82, 2.24) is 0 Å². The van der Waals surface area contributed by atoms with Gasteiger partial charge in [0.1, 0.15) is 12.7 Å². The van der Waals surface area contributed by atoms with E-state index in [1.807, 2.05) is 6.92 Å². The molecule has 0 N–H and O–H groups in total. The summed E-state index contributed by atoms with van der Waals surface area (Å²) < 4.78 is 11.9. The molecule has 5 aliphatic rings. The quantitative estimate of drug-likeness (QED) is 0.214. The van der Waals surface area contributed by atoms with E-state index in [1.54, 1.807) is 12.5 Å². The molecule has 0 aromatic rings. The maximum Gasteiger partial charge on any atom is 0.302 e. The predicted octanol–water partition coefficient (Wildman–Crippen LogP) is 9.27. The summed E-state index contributed by atoms with van der Waals surface area (Å²) in [4.78, 5) is 11.7. The highest BCUT2D eigenvalue weighted by Crippen LogP contribution is 2.75. The summed E-state index contributed by atoms with van der Waals surface area (Å²) in [7, 11) is 0. The van der Waals surface area contributed by atoms with E-state index in [0.717, 1.165) is 24.0 Å². The van der Waals surface area contributed by atoms with E-state index in [1.165, 1.54) is 64.2 Å². The van der Waals surface area contributed by atoms with Crippen LogP contribution in [0.25, 0.3) is 0 Å². The van der Waals surface area contributed by atoms with Crippen LogP contribution in [-0.4, -0.2) is 18.7 Å². The number of hydrogen-bond acceptors (Lipinski definition) is 3. The first-order valence-corrected chi connectivity index (χ1v) is 15.5. The molecule has 0 radical (unpaired) electrons. The van der Waals surface area contributed by atoms with E-state index in [-0.39, 0.29) is 11.4 Å². The Hall–Kier alpha value is -1.25. The number of rotatable bonds is 4. The van der Waals surface area contributed by atoms with Gasteiger partial charge in [0.05, 0.1) is 5.76 Å². The Morgan fingerprint density at radius 3 is 2.32 bits per heavy atom. The highest BCUT2D eigenvalue weighted by Gasteiger charge is 2.68. The second-order valence-corrected chi connectivity index (χ2v) is 14.4. The molecule has 0 amide bonds. The summed E-state index contributed by atoms with van der Waals surface area (Å²) in [5.41, 5.74) is 2.91. The van der Waals surface area contributed by atoms with Crippen LogP contribution in [0.4, 0.5) is 0 Å². The van der Waals surface area contributed by atoms with Crippen LogP contribution in [0, 0.1) is 45.3 Å². The average Bonchev–Trinajstić information content (AvgIpc) is 3.25.